The Kier molecular flexibility index (Phi) is 12.4. The Labute approximate surface area is 216 Å². The van der Waals surface area contributed by atoms with Crippen molar-refractivity contribution in [3.05, 3.63) is 35.9 Å². The van der Waals surface area contributed by atoms with Crippen molar-refractivity contribution in [1.82, 2.24) is 9.97 Å². The first-order valence-corrected chi connectivity index (χ1v) is 12.1. The number of aliphatic hydroxyl groups excluding tert-OH is 1. The van der Waals surface area contributed by atoms with Crippen molar-refractivity contribution in [3.63, 3.8) is 0 Å². The van der Waals surface area contributed by atoms with Crippen LogP contribution in [0.25, 0.3) is 0 Å². The summed E-state index contributed by atoms with van der Waals surface area (Å²) >= 11 is 0. The molecule has 11 nitrogen and oxygen atoms in total. The first-order chi connectivity index (χ1) is 17.8. The van der Waals surface area contributed by atoms with Crippen LogP contribution in [0.4, 0.5) is 0 Å². The third-order valence-corrected chi connectivity index (χ3v) is 5.83. The van der Waals surface area contributed by atoms with E-state index >= 15 is 0 Å². The summed E-state index contributed by atoms with van der Waals surface area (Å²) < 4.78 is 24.9. The van der Waals surface area contributed by atoms with Gasteiger partial charge in [-0.15, -0.1) is 0 Å². The van der Waals surface area contributed by atoms with Crippen LogP contribution in [-0.4, -0.2) is 72.8 Å². The number of aromatic nitrogens is 2. The van der Waals surface area contributed by atoms with Gasteiger partial charge in [0.2, 0.25) is 0 Å². The predicted octanol–water partition coefficient (Wildman–Crippen LogP) is 3.70. The third kappa shape index (κ3) is 9.41. The van der Waals surface area contributed by atoms with E-state index in [2.05, 4.69) is 19.4 Å². The third-order valence-electron chi connectivity index (χ3n) is 5.83. The Morgan fingerprint density at radius 2 is 1.24 bits per heavy atom. The topological polar surface area (TPSA) is 147 Å². The number of carbonyl (C=O) groups excluding carboxylic acids is 2. The highest BCUT2D eigenvalue weighted by Crippen LogP contribution is 2.31. The molecule has 2 aliphatic carbocycles. The second kappa shape index (κ2) is 15.5. The van der Waals surface area contributed by atoms with Gasteiger partial charge in [0.1, 0.15) is 0 Å². The smallest absolute Gasteiger partial charge is 0.356 e. The highest BCUT2D eigenvalue weighted by atomic mass is 16.5. The summed E-state index contributed by atoms with van der Waals surface area (Å²) in [6.45, 7) is 0. The average molecular weight is 521 g/mol. The fourth-order valence-electron chi connectivity index (χ4n) is 3.79. The molecular formula is C26H36N2O9. The average Bonchev–Trinajstić information content (AvgIpc) is 3.63. The monoisotopic (exact) mass is 520 g/mol. The van der Waals surface area contributed by atoms with Crippen molar-refractivity contribution < 1.29 is 43.5 Å². The highest BCUT2D eigenvalue weighted by molar-refractivity contribution is 5.88. The van der Waals surface area contributed by atoms with Crippen molar-refractivity contribution >= 4 is 11.9 Å². The summed E-state index contributed by atoms with van der Waals surface area (Å²) in [7, 11) is 5.50. The van der Waals surface area contributed by atoms with Gasteiger partial charge in [0.25, 0.3) is 0 Å². The maximum absolute atomic E-state index is 11.4. The predicted molar refractivity (Wildman–Crippen MR) is 133 cm³/mol. The SMILES string of the molecule is COC(=O)c1cc(OC)c(O)cn1.COC(=O)c1cc(OC)c(OC2CCCC2)cn1.OC1CCCC1. The first kappa shape index (κ1) is 29.6. The van der Waals surface area contributed by atoms with Gasteiger partial charge in [-0.05, 0) is 38.5 Å². The van der Waals surface area contributed by atoms with Gasteiger partial charge in [-0.1, -0.05) is 12.8 Å². The standard InChI is InChI=1S/C13H17NO4.C8H9NO4.C5H10O/c1-16-11-7-10(13(15)17-2)14-8-12(11)18-9-5-3-4-6-9;1-12-7-3-5(8(11)13-2)9-4-6(7)10;6-5-3-1-2-4-5/h7-9H,3-6H2,1-2H3;3-4,10H,1-2H3;5-6H,1-4H2. The summed E-state index contributed by atoms with van der Waals surface area (Å²) in [4.78, 5) is 30.0. The van der Waals surface area contributed by atoms with Crippen LogP contribution in [0.15, 0.2) is 24.5 Å². The van der Waals surface area contributed by atoms with Gasteiger partial charge in [-0.3, -0.25) is 0 Å². The molecule has 11 heteroatoms. The van der Waals surface area contributed by atoms with E-state index in [9.17, 15) is 9.59 Å². The van der Waals surface area contributed by atoms with Gasteiger partial charge in [0, 0.05) is 12.1 Å². The normalized spacial score (nSPS) is 14.9. The molecule has 2 N–H and O–H groups in total. The van der Waals surface area contributed by atoms with E-state index in [4.69, 9.17) is 24.4 Å². The lowest BCUT2D eigenvalue weighted by molar-refractivity contribution is 0.0584. The van der Waals surface area contributed by atoms with Gasteiger partial charge < -0.3 is 33.9 Å². The number of nitrogens with zero attached hydrogens (tertiary/aromatic N) is 2. The molecule has 0 atom stereocenters. The van der Waals surface area contributed by atoms with E-state index in [0.29, 0.717) is 11.5 Å². The van der Waals surface area contributed by atoms with Crippen LogP contribution in [0.2, 0.25) is 0 Å². The molecule has 4 rings (SSSR count). The summed E-state index contributed by atoms with van der Waals surface area (Å²) in [5.74, 6) is 0.110. The molecule has 2 aromatic rings. The largest absolute Gasteiger partial charge is 0.503 e. The number of aliphatic hydroxyl groups is 1. The molecule has 0 saturated heterocycles. The zero-order valence-electron chi connectivity index (χ0n) is 21.8. The van der Waals surface area contributed by atoms with Crippen molar-refractivity contribution in [1.29, 1.82) is 0 Å². The van der Waals surface area contributed by atoms with Crippen molar-refractivity contribution in [2.75, 3.05) is 28.4 Å². The Hall–Kier alpha value is -3.60. The van der Waals surface area contributed by atoms with Gasteiger partial charge in [-0.2, -0.15) is 0 Å². The van der Waals surface area contributed by atoms with E-state index in [0.717, 1.165) is 31.9 Å². The number of ether oxygens (including phenoxy) is 5. The molecule has 2 aromatic heterocycles. The van der Waals surface area contributed by atoms with Gasteiger partial charge in [0.05, 0.1) is 53.0 Å². The first-order valence-electron chi connectivity index (χ1n) is 12.1. The fourth-order valence-corrected chi connectivity index (χ4v) is 3.79. The molecule has 2 aliphatic rings. The van der Waals surface area contributed by atoms with Gasteiger partial charge >= 0.3 is 11.9 Å². The molecule has 0 aliphatic heterocycles. The number of rotatable bonds is 6. The number of methoxy groups -OCH3 is 4. The lowest BCUT2D eigenvalue weighted by Gasteiger charge is -2.15. The van der Waals surface area contributed by atoms with E-state index in [-0.39, 0.29) is 35.1 Å². The van der Waals surface area contributed by atoms with Crippen molar-refractivity contribution in [2.45, 2.75) is 63.6 Å². The molecule has 0 amide bonds. The Bertz CT molecular complexity index is 1000. The maximum atomic E-state index is 11.4. The van der Waals surface area contributed by atoms with Crippen molar-refractivity contribution in [3.8, 4) is 23.0 Å². The van der Waals surface area contributed by atoms with Crippen LogP contribution in [0.3, 0.4) is 0 Å². The number of carbonyl (C=O) groups is 2. The number of hydrogen-bond acceptors (Lipinski definition) is 11. The van der Waals surface area contributed by atoms with E-state index in [1.165, 1.54) is 72.5 Å². The zero-order chi connectivity index (χ0) is 27.2. The van der Waals surface area contributed by atoms with E-state index in [1.807, 2.05) is 0 Å². The van der Waals surface area contributed by atoms with E-state index in [1.54, 1.807) is 0 Å². The summed E-state index contributed by atoms with van der Waals surface area (Å²) in [5.41, 5.74) is 0.310. The molecule has 2 heterocycles. The minimum absolute atomic E-state index is 0.0463. The maximum Gasteiger partial charge on any atom is 0.356 e. The van der Waals surface area contributed by atoms with Crippen LogP contribution in [-0.2, 0) is 9.47 Å². The second-order valence-corrected chi connectivity index (χ2v) is 8.41. The number of aromatic hydroxyl groups is 1. The number of pyridine rings is 2. The molecule has 0 bridgehead atoms. The lowest BCUT2D eigenvalue weighted by atomic mass is 10.3. The highest BCUT2D eigenvalue weighted by Gasteiger charge is 2.20. The van der Waals surface area contributed by atoms with Gasteiger partial charge in [0.15, 0.2) is 34.4 Å². The van der Waals surface area contributed by atoms with Gasteiger partial charge in [-0.25, -0.2) is 19.6 Å². The second-order valence-electron chi connectivity index (χ2n) is 8.41. The Balaban J connectivity index is 0.000000220. The minimum atomic E-state index is -0.571. The summed E-state index contributed by atoms with van der Waals surface area (Å²) in [6, 6.07) is 2.84. The number of hydrogen-bond donors (Lipinski definition) is 2. The van der Waals surface area contributed by atoms with Crippen LogP contribution in [0.5, 0.6) is 23.0 Å². The zero-order valence-corrected chi connectivity index (χ0v) is 21.8. The Morgan fingerprint density at radius 3 is 1.70 bits per heavy atom. The molecule has 0 spiro atoms. The van der Waals surface area contributed by atoms with Crippen LogP contribution in [0.1, 0.15) is 72.3 Å². The Morgan fingerprint density at radius 1 is 0.757 bits per heavy atom. The quantitative estimate of drug-likeness (QED) is 0.537. The molecule has 2 fully saturated rings. The van der Waals surface area contributed by atoms with Crippen LogP contribution in [0, 0.1) is 0 Å². The van der Waals surface area contributed by atoms with E-state index < -0.39 is 11.9 Å². The fraction of sp³-hybridized carbons (Fsp3) is 0.538. The van der Waals surface area contributed by atoms with Crippen LogP contribution >= 0.6 is 0 Å². The summed E-state index contributed by atoms with van der Waals surface area (Å²) in [5, 5.41) is 17.9. The molecule has 0 radical (unpaired) electrons. The lowest BCUT2D eigenvalue weighted by Crippen LogP contribution is -2.13. The molecule has 0 unspecified atom stereocenters. The van der Waals surface area contributed by atoms with Crippen LogP contribution < -0.4 is 14.2 Å². The minimum Gasteiger partial charge on any atom is -0.503 e. The number of esters is 2. The molecule has 37 heavy (non-hydrogen) atoms. The molecule has 2 saturated carbocycles. The molecule has 204 valence electrons. The molecule has 0 aromatic carbocycles. The molecular weight excluding hydrogens is 484 g/mol. The van der Waals surface area contributed by atoms with Crippen molar-refractivity contribution in [2.24, 2.45) is 0 Å². The summed E-state index contributed by atoms with van der Waals surface area (Å²) in [6.07, 6.45) is 12.0.